The number of benzene rings is 1. The van der Waals surface area contributed by atoms with E-state index in [-0.39, 0.29) is 0 Å². The van der Waals surface area contributed by atoms with Gasteiger partial charge >= 0.3 is 0 Å². The number of hydrogen-bond acceptors (Lipinski definition) is 1. The van der Waals surface area contributed by atoms with E-state index >= 15 is 0 Å². The first kappa shape index (κ1) is 17.1. The first-order valence-corrected chi connectivity index (χ1v) is 14.6. The molecule has 0 unspecified atom stereocenters. The summed E-state index contributed by atoms with van der Waals surface area (Å²) in [5.74, 6) is 4.22. The Labute approximate surface area is 126 Å². The number of hydrogen-bond donors (Lipinski definition) is 0. The molecule has 1 rings (SSSR count). The molecule has 20 heavy (non-hydrogen) atoms. The van der Waals surface area contributed by atoms with E-state index in [9.17, 15) is 0 Å². The molecule has 0 aromatic heterocycles. The zero-order valence-electron chi connectivity index (χ0n) is 13.8. The van der Waals surface area contributed by atoms with Gasteiger partial charge in [-0.1, -0.05) is 51.2 Å². The minimum absolute atomic E-state index is 0.824. The fourth-order valence-electron chi connectivity index (χ4n) is 1.69. The van der Waals surface area contributed by atoms with Gasteiger partial charge in [-0.15, -0.1) is 5.54 Å². The topological polar surface area (TPSA) is 9.23 Å². The summed E-state index contributed by atoms with van der Waals surface area (Å²) in [5, 5.41) is 0. The molecule has 0 amide bonds. The van der Waals surface area contributed by atoms with E-state index < -0.39 is 16.1 Å². The molecule has 0 saturated heterocycles. The zero-order valence-corrected chi connectivity index (χ0v) is 15.8. The van der Waals surface area contributed by atoms with Crippen LogP contribution in [-0.4, -0.2) is 22.8 Å². The van der Waals surface area contributed by atoms with Gasteiger partial charge in [0.2, 0.25) is 0 Å². The van der Waals surface area contributed by atoms with E-state index in [1.165, 1.54) is 6.04 Å². The van der Waals surface area contributed by atoms with Crippen LogP contribution < -0.4 is 4.74 Å². The van der Waals surface area contributed by atoms with Crippen molar-refractivity contribution < 1.29 is 4.74 Å². The molecular formula is C17H28OSi2. The molecule has 3 heteroatoms. The minimum Gasteiger partial charge on any atom is -0.494 e. The lowest BCUT2D eigenvalue weighted by Crippen LogP contribution is -2.19. The van der Waals surface area contributed by atoms with E-state index in [1.807, 2.05) is 12.1 Å². The van der Waals surface area contributed by atoms with Crippen molar-refractivity contribution in [2.45, 2.75) is 51.7 Å². The van der Waals surface area contributed by atoms with Gasteiger partial charge in [0.25, 0.3) is 0 Å². The van der Waals surface area contributed by atoms with Crippen molar-refractivity contribution in [1.82, 2.24) is 0 Å². The lowest BCUT2D eigenvalue weighted by Gasteiger charge is -2.15. The van der Waals surface area contributed by atoms with Gasteiger partial charge in [-0.3, -0.25) is 0 Å². The predicted octanol–water partition coefficient (Wildman–Crippen LogP) is 5.02. The molecule has 0 aliphatic carbocycles. The molecule has 0 fully saturated rings. The molecule has 1 aromatic carbocycles. The SMILES string of the molecule is C[Si](C)(C)C#Cc1ccc(OCCC[Si](C)(C)C)cc1. The monoisotopic (exact) mass is 304 g/mol. The fraction of sp³-hybridized carbons (Fsp3) is 0.529. The van der Waals surface area contributed by atoms with Crippen LogP contribution in [0.1, 0.15) is 12.0 Å². The molecule has 0 heterocycles. The lowest BCUT2D eigenvalue weighted by atomic mass is 10.2. The van der Waals surface area contributed by atoms with Crippen LogP contribution >= 0.6 is 0 Å². The maximum absolute atomic E-state index is 5.78. The van der Waals surface area contributed by atoms with Gasteiger partial charge in [-0.2, -0.15) is 0 Å². The molecule has 0 saturated carbocycles. The van der Waals surface area contributed by atoms with E-state index in [4.69, 9.17) is 4.74 Å². The summed E-state index contributed by atoms with van der Waals surface area (Å²) in [5.41, 5.74) is 4.46. The summed E-state index contributed by atoms with van der Waals surface area (Å²) in [7, 11) is -2.21. The van der Waals surface area contributed by atoms with Crippen molar-refractivity contribution in [3.05, 3.63) is 29.8 Å². The summed E-state index contributed by atoms with van der Waals surface area (Å²) in [6, 6.07) is 9.50. The van der Waals surface area contributed by atoms with Crippen molar-refractivity contribution in [3.8, 4) is 17.2 Å². The molecule has 0 spiro atoms. The van der Waals surface area contributed by atoms with Crippen molar-refractivity contribution in [3.63, 3.8) is 0 Å². The van der Waals surface area contributed by atoms with E-state index in [0.29, 0.717) is 0 Å². The summed E-state index contributed by atoms with van der Waals surface area (Å²) < 4.78 is 5.78. The Morgan fingerprint density at radius 2 is 1.55 bits per heavy atom. The summed E-state index contributed by atoms with van der Waals surface area (Å²) in [6.45, 7) is 14.8. The molecular weight excluding hydrogens is 276 g/mol. The fourth-order valence-corrected chi connectivity index (χ4v) is 3.41. The quantitative estimate of drug-likeness (QED) is 0.421. The Kier molecular flexibility index (Phi) is 6.10. The van der Waals surface area contributed by atoms with Gasteiger partial charge in [-0.25, -0.2) is 0 Å². The van der Waals surface area contributed by atoms with Gasteiger partial charge < -0.3 is 4.74 Å². The molecule has 0 aliphatic heterocycles. The summed E-state index contributed by atoms with van der Waals surface area (Å²) in [4.78, 5) is 0. The van der Waals surface area contributed by atoms with Crippen LogP contribution in [0.3, 0.4) is 0 Å². The molecule has 0 bridgehead atoms. The summed E-state index contributed by atoms with van der Waals surface area (Å²) in [6.07, 6.45) is 1.16. The molecule has 110 valence electrons. The van der Waals surface area contributed by atoms with E-state index in [1.54, 1.807) is 0 Å². The molecule has 1 nitrogen and oxygen atoms in total. The average molecular weight is 305 g/mol. The number of ether oxygens (including phenoxy) is 1. The van der Waals surface area contributed by atoms with Crippen LogP contribution in [0.2, 0.25) is 45.3 Å². The van der Waals surface area contributed by atoms with Crippen LogP contribution in [0.25, 0.3) is 0 Å². The molecule has 0 aliphatic rings. The van der Waals surface area contributed by atoms with Gasteiger partial charge in [0.15, 0.2) is 0 Å². The lowest BCUT2D eigenvalue weighted by molar-refractivity contribution is 0.317. The second-order valence-corrected chi connectivity index (χ2v) is 17.9. The molecule has 0 atom stereocenters. The van der Waals surface area contributed by atoms with Crippen molar-refractivity contribution in [1.29, 1.82) is 0 Å². The highest BCUT2D eigenvalue weighted by atomic mass is 28.3. The van der Waals surface area contributed by atoms with Gasteiger partial charge in [0.1, 0.15) is 13.8 Å². The molecule has 0 N–H and O–H groups in total. The predicted molar refractivity (Wildman–Crippen MR) is 94.9 cm³/mol. The smallest absolute Gasteiger partial charge is 0.129 e. The third-order valence-electron chi connectivity index (χ3n) is 2.78. The Balaban J connectivity index is 2.45. The Morgan fingerprint density at radius 3 is 2.05 bits per heavy atom. The maximum atomic E-state index is 5.78. The van der Waals surface area contributed by atoms with Crippen LogP contribution in [0, 0.1) is 11.5 Å². The van der Waals surface area contributed by atoms with Crippen LogP contribution in [0.5, 0.6) is 5.75 Å². The Bertz CT molecular complexity index is 467. The second-order valence-electron chi connectivity index (χ2n) is 7.54. The third-order valence-corrected chi connectivity index (χ3v) is 5.50. The first-order chi connectivity index (χ1) is 9.16. The Morgan fingerprint density at radius 1 is 0.950 bits per heavy atom. The van der Waals surface area contributed by atoms with Crippen LogP contribution in [0.15, 0.2) is 24.3 Å². The normalized spacial score (nSPS) is 11.7. The third kappa shape index (κ3) is 8.24. The van der Waals surface area contributed by atoms with Gasteiger partial charge in [-0.05, 0) is 30.7 Å². The van der Waals surface area contributed by atoms with Crippen LogP contribution in [-0.2, 0) is 0 Å². The highest BCUT2D eigenvalue weighted by Gasteiger charge is 2.11. The van der Waals surface area contributed by atoms with Gasteiger partial charge in [0.05, 0.1) is 6.61 Å². The van der Waals surface area contributed by atoms with E-state index in [0.717, 1.165) is 24.3 Å². The minimum atomic E-state index is -1.29. The van der Waals surface area contributed by atoms with Crippen molar-refractivity contribution in [2.75, 3.05) is 6.61 Å². The molecule has 1 aromatic rings. The average Bonchev–Trinajstić information content (AvgIpc) is 2.31. The maximum Gasteiger partial charge on any atom is 0.129 e. The largest absolute Gasteiger partial charge is 0.494 e. The van der Waals surface area contributed by atoms with Crippen LogP contribution in [0.4, 0.5) is 0 Å². The molecule has 0 radical (unpaired) electrons. The highest BCUT2D eigenvalue weighted by Crippen LogP contribution is 2.15. The Hall–Kier alpha value is -0.986. The van der Waals surface area contributed by atoms with Gasteiger partial charge in [0, 0.05) is 13.6 Å². The van der Waals surface area contributed by atoms with E-state index in [2.05, 4.69) is 62.9 Å². The zero-order chi connectivity index (χ0) is 15.2. The second kappa shape index (κ2) is 7.15. The van der Waals surface area contributed by atoms with Crippen molar-refractivity contribution >= 4 is 16.1 Å². The standard InChI is InChI=1S/C17H28OSi2/c1-19(2,3)14-7-13-18-17-10-8-16(9-11-17)12-15-20(4,5)6/h8-11H,7,13-14H2,1-6H3. The van der Waals surface area contributed by atoms with Crippen molar-refractivity contribution in [2.24, 2.45) is 0 Å². The first-order valence-electron chi connectivity index (χ1n) is 7.42. The number of rotatable bonds is 5. The highest BCUT2D eigenvalue weighted by molar-refractivity contribution is 6.83. The summed E-state index contributed by atoms with van der Waals surface area (Å²) >= 11 is 0.